The monoisotopic (exact) mass is 376 g/mol. The lowest BCUT2D eigenvalue weighted by atomic mass is 10.1. The Morgan fingerprint density at radius 2 is 1.70 bits per heavy atom. The number of amides is 1. The number of nitrogens with one attached hydrogen (secondary N) is 1. The third kappa shape index (κ3) is 3.14. The molecule has 136 valence electrons. The first kappa shape index (κ1) is 16.6. The van der Waals surface area contributed by atoms with E-state index in [9.17, 15) is 4.79 Å². The molecule has 6 heteroatoms. The highest BCUT2D eigenvalue weighted by molar-refractivity contribution is 8.01. The number of benzene rings is 2. The van der Waals surface area contributed by atoms with Crippen molar-refractivity contribution in [3.8, 4) is 0 Å². The van der Waals surface area contributed by atoms with E-state index in [1.54, 1.807) is 11.8 Å². The summed E-state index contributed by atoms with van der Waals surface area (Å²) < 4.78 is 0. The van der Waals surface area contributed by atoms with Crippen LogP contribution in [0.5, 0.6) is 0 Å². The molecule has 0 saturated carbocycles. The fraction of sp³-hybridized carbons (Fsp3) is 0.286. The molecule has 1 saturated heterocycles. The average Bonchev–Trinajstić information content (AvgIpc) is 3.37. The van der Waals surface area contributed by atoms with Crippen LogP contribution in [-0.2, 0) is 11.2 Å². The Labute approximate surface area is 162 Å². The van der Waals surface area contributed by atoms with E-state index in [-0.39, 0.29) is 11.2 Å². The predicted octanol–water partition coefficient (Wildman–Crippen LogP) is 3.89. The number of nitrogens with zero attached hydrogens (tertiary/aromatic N) is 3. The Morgan fingerprint density at radius 3 is 2.48 bits per heavy atom. The van der Waals surface area contributed by atoms with Gasteiger partial charge in [-0.3, -0.25) is 4.79 Å². The Hall–Kier alpha value is -2.60. The van der Waals surface area contributed by atoms with Gasteiger partial charge < -0.3 is 10.2 Å². The number of rotatable bonds is 3. The minimum absolute atomic E-state index is 0.00114. The van der Waals surface area contributed by atoms with Crippen molar-refractivity contribution >= 4 is 40.3 Å². The highest BCUT2D eigenvalue weighted by atomic mass is 32.2. The first-order valence-corrected chi connectivity index (χ1v) is 10.2. The molecule has 0 radical (unpaired) electrons. The molecule has 0 bridgehead atoms. The third-order valence-corrected chi connectivity index (χ3v) is 6.46. The van der Waals surface area contributed by atoms with Gasteiger partial charge in [-0.1, -0.05) is 30.3 Å². The number of hydrogen-bond donors (Lipinski definition) is 1. The average molecular weight is 376 g/mol. The number of carbonyl (C=O) groups is 1. The first-order chi connectivity index (χ1) is 13.3. The van der Waals surface area contributed by atoms with Crippen molar-refractivity contribution in [3.05, 3.63) is 54.1 Å². The molecule has 1 atom stereocenters. The van der Waals surface area contributed by atoms with E-state index >= 15 is 0 Å². The van der Waals surface area contributed by atoms with Gasteiger partial charge in [-0.05, 0) is 43.0 Å². The number of carbonyl (C=O) groups excluding carboxylic acids is 1. The van der Waals surface area contributed by atoms with E-state index in [1.807, 2.05) is 36.4 Å². The van der Waals surface area contributed by atoms with E-state index in [4.69, 9.17) is 9.97 Å². The Bertz CT molecular complexity index is 991. The first-order valence-electron chi connectivity index (χ1n) is 9.35. The Morgan fingerprint density at radius 1 is 1.00 bits per heavy atom. The summed E-state index contributed by atoms with van der Waals surface area (Å²) in [6, 6.07) is 16.0. The number of thioether (sulfide) groups is 1. The summed E-state index contributed by atoms with van der Waals surface area (Å²) in [4.78, 5) is 25.9. The molecule has 1 N–H and O–H groups in total. The van der Waals surface area contributed by atoms with Gasteiger partial charge in [0.25, 0.3) is 0 Å². The van der Waals surface area contributed by atoms with Gasteiger partial charge in [-0.2, -0.15) is 0 Å². The fourth-order valence-corrected chi connectivity index (χ4v) is 4.94. The lowest BCUT2D eigenvalue weighted by molar-refractivity contribution is -0.115. The van der Waals surface area contributed by atoms with Crippen LogP contribution in [0.4, 0.5) is 11.6 Å². The normalized spacial score (nSPS) is 18.7. The quantitative estimate of drug-likeness (QED) is 0.752. The van der Waals surface area contributed by atoms with Gasteiger partial charge in [-0.25, -0.2) is 9.97 Å². The second-order valence-corrected chi connectivity index (χ2v) is 8.23. The maximum absolute atomic E-state index is 13.0. The molecule has 1 amide bonds. The number of aromatic nitrogens is 2. The standard InChI is InChI=1S/C21H20N4OS/c26-21(18-13-14-7-1-4-10-17(14)27-18)24-19-20(25-11-5-6-12-25)23-16-9-3-2-8-15(16)22-19/h1-4,7-10,18H,5-6,11-13H2,(H,22,24,26). The molecule has 2 aliphatic rings. The molecule has 3 heterocycles. The van der Waals surface area contributed by atoms with Crippen LogP contribution in [0.25, 0.3) is 11.0 Å². The minimum atomic E-state index is -0.123. The Balaban J connectivity index is 1.45. The second kappa shape index (κ2) is 6.85. The zero-order valence-corrected chi connectivity index (χ0v) is 15.7. The summed E-state index contributed by atoms with van der Waals surface area (Å²) in [7, 11) is 0. The smallest absolute Gasteiger partial charge is 0.239 e. The van der Waals surface area contributed by atoms with E-state index < -0.39 is 0 Å². The van der Waals surface area contributed by atoms with Crippen LogP contribution in [0.2, 0.25) is 0 Å². The molecule has 5 nitrogen and oxygen atoms in total. The molecular formula is C21H20N4OS. The van der Waals surface area contributed by atoms with Crippen molar-refractivity contribution in [3.63, 3.8) is 0 Å². The van der Waals surface area contributed by atoms with E-state index in [0.717, 1.165) is 49.2 Å². The van der Waals surface area contributed by atoms with Crippen LogP contribution in [-0.4, -0.2) is 34.2 Å². The molecule has 5 rings (SSSR count). The van der Waals surface area contributed by atoms with Crippen LogP contribution in [0.15, 0.2) is 53.4 Å². The van der Waals surface area contributed by atoms with Gasteiger partial charge in [-0.15, -0.1) is 11.8 Å². The summed E-state index contributed by atoms with van der Waals surface area (Å²) in [6.45, 7) is 1.92. The molecule has 1 fully saturated rings. The number of hydrogen-bond acceptors (Lipinski definition) is 5. The molecule has 0 spiro atoms. The SMILES string of the molecule is O=C(Nc1nc2ccccc2nc1N1CCCC1)C1Cc2ccccc2S1. The molecular weight excluding hydrogens is 356 g/mol. The highest BCUT2D eigenvalue weighted by Crippen LogP contribution is 2.37. The maximum Gasteiger partial charge on any atom is 0.239 e. The summed E-state index contributed by atoms with van der Waals surface area (Å²) in [6.07, 6.45) is 3.05. The Kier molecular flexibility index (Phi) is 4.20. The van der Waals surface area contributed by atoms with Crippen molar-refractivity contribution in [1.29, 1.82) is 0 Å². The van der Waals surface area contributed by atoms with Gasteiger partial charge in [0.2, 0.25) is 5.91 Å². The van der Waals surface area contributed by atoms with Crippen molar-refractivity contribution in [2.45, 2.75) is 29.4 Å². The maximum atomic E-state index is 13.0. The van der Waals surface area contributed by atoms with Gasteiger partial charge in [0.05, 0.1) is 16.3 Å². The van der Waals surface area contributed by atoms with Crippen LogP contribution in [0, 0.1) is 0 Å². The molecule has 1 aromatic heterocycles. The van der Waals surface area contributed by atoms with Crippen LogP contribution in [0.3, 0.4) is 0 Å². The number of anilines is 2. The lowest BCUT2D eigenvalue weighted by Gasteiger charge is -2.20. The van der Waals surface area contributed by atoms with E-state index in [0.29, 0.717) is 5.82 Å². The van der Waals surface area contributed by atoms with Gasteiger partial charge in [0.15, 0.2) is 11.6 Å². The van der Waals surface area contributed by atoms with Crippen LogP contribution >= 0.6 is 11.8 Å². The number of fused-ring (bicyclic) bond motifs is 2. The molecule has 2 aliphatic heterocycles. The molecule has 0 aliphatic carbocycles. The molecule has 3 aromatic rings. The fourth-order valence-electron chi connectivity index (χ4n) is 3.75. The van der Waals surface area contributed by atoms with Crippen molar-refractivity contribution in [2.75, 3.05) is 23.3 Å². The van der Waals surface area contributed by atoms with Gasteiger partial charge in [0, 0.05) is 18.0 Å². The van der Waals surface area contributed by atoms with Crippen molar-refractivity contribution in [2.24, 2.45) is 0 Å². The summed E-state index contributed by atoms with van der Waals surface area (Å²) in [5.74, 6) is 1.37. The largest absolute Gasteiger partial charge is 0.354 e. The van der Waals surface area contributed by atoms with Crippen molar-refractivity contribution < 1.29 is 4.79 Å². The van der Waals surface area contributed by atoms with E-state index in [1.165, 1.54) is 10.5 Å². The summed E-state index contributed by atoms with van der Waals surface area (Å²) >= 11 is 1.63. The number of para-hydroxylation sites is 2. The molecule has 1 unspecified atom stereocenters. The molecule has 2 aromatic carbocycles. The zero-order valence-electron chi connectivity index (χ0n) is 14.9. The van der Waals surface area contributed by atoms with Crippen LogP contribution < -0.4 is 10.2 Å². The highest BCUT2D eigenvalue weighted by Gasteiger charge is 2.29. The van der Waals surface area contributed by atoms with Gasteiger partial charge >= 0.3 is 0 Å². The predicted molar refractivity (Wildman–Crippen MR) is 109 cm³/mol. The van der Waals surface area contributed by atoms with Crippen LogP contribution in [0.1, 0.15) is 18.4 Å². The van der Waals surface area contributed by atoms with Gasteiger partial charge in [0.1, 0.15) is 0 Å². The van der Waals surface area contributed by atoms with Crippen molar-refractivity contribution in [1.82, 2.24) is 9.97 Å². The van der Waals surface area contributed by atoms with E-state index in [2.05, 4.69) is 22.3 Å². The topological polar surface area (TPSA) is 58.1 Å². The minimum Gasteiger partial charge on any atom is -0.354 e. The molecule has 27 heavy (non-hydrogen) atoms. The second-order valence-electron chi connectivity index (χ2n) is 6.99. The summed E-state index contributed by atoms with van der Waals surface area (Å²) in [5, 5.41) is 2.96. The zero-order chi connectivity index (χ0) is 18.2. The lowest BCUT2D eigenvalue weighted by Crippen LogP contribution is -2.28. The third-order valence-electron chi connectivity index (χ3n) is 5.14. The summed E-state index contributed by atoms with van der Waals surface area (Å²) in [5.41, 5.74) is 2.91.